The third kappa shape index (κ3) is 4.29. The Morgan fingerprint density at radius 1 is 1.25 bits per heavy atom. The molecule has 7 atom stereocenters. The fourth-order valence-electron chi connectivity index (χ4n) is 5.45. The quantitative estimate of drug-likeness (QED) is 0.555. The first-order chi connectivity index (χ1) is 14.7. The number of thioether (sulfide) groups is 1. The summed E-state index contributed by atoms with van der Waals surface area (Å²) in [7, 11) is 0. The average Bonchev–Trinajstić information content (AvgIpc) is 2.93. The number of rotatable bonds is 7. The Morgan fingerprint density at radius 3 is 2.41 bits per heavy atom. The predicted molar refractivity (Wildman–Crippen MR) is 125 cm³/mol. The molecule has 2 aliphatic heterocycles. The van der Waals surface area contributed by atoms with Gasteiger partial charge in [-0.25, -0.2) is 4.79 Å². The summed E-state index contributed by atoms with van der Waals surface area (Å²) in [5.74, 6) is -0.280. The van der Waals surface area contributed by atoms with E-state index in [0.717, 1.165) is 12.8 Å². The molecule has 2 amide bonds. The number of hydrogen-bond donors (Lipinski definition) is 2. The summed E-state index contributed by atoms with van der Waals surface area (Å²) >= 11 is 1.44. The molecule has 2 saturated heterocycles. The summed E-state index contributed by atoms with van der Waals surface area (Å²) in [5.41, 5.74) is -1.07. The van der Waals surface area contributed by atoms with E-state index < -0.39 is 28.4 Å². The van der Waals surface area contributed by atoms with Crippen LogP contribution in [-0.2, 0) is 19.1 Å². The van der Waals surface area contributed by atoms with Gasteiger partial charge in [0.1, 0.15) is 23.1 Å². The lowest BCUT2D eigenvalue weighted by Crippen LogP contribution is -2.72. The Balaban J connectivity index is 1.76. The maximum atomic E-state index is 13.5. The molecular weight excluding hydrogens is 428 g/mol. The number of carbonyl (C=O) groups excluding carboxylic acids is 2. The molecule has 32 heavy (non-hydrogen) atoms. The molecule has 0 bridgehead atoms. The molecule has 0 unspecified atom stereocenters. The standard InChI is InChI=1S/C24H40N2O5S/c1-12(2)15-10-9-14(5)11-16(15)31-24(8,13(3)4)22(30)25-17-19(27)26-18(21(28)29)23(6,7)32-20(17)26/h12-18,20H,9-11H2,1-8H3,(H,25,30)(H,28,29)/t14-,15-,16-,17-,18-,20+,24+/m1/s1. The lowest BCUT2D eigenvalue weighted by molar-refractivity contribution is -0.179. The number of carboxylic acid groups (broad SMARTS) is 1. The Hall–Kier alpha value is -1.28. The van der Waals surface area contributed by atoms with Crippen LogP contribution in [0.4, 0.5) is 0 Å². The van der Waals surface area contributed by atoms with Crippen molar-refractivity contribution in [2.75, 3.05) is 0 Å². The third-order valence-electron chi connectivity index (χ3n) is 7.87. The van der Waals surface area contributed by atoms with Gasteiger partial charge in [-0.15, -0.1) is 11.8 Å². The Morgan fingerprint density at radius 2 is 1.88 bits per heavy atom. The lowest BCUT2D eigenvalue weighted by Gasteiger charge is -2.47. The van der Waals surface area contributed by atoms with Crippen molar-refractivity contribution in [3.8, 4) is 0 Å². The first kappa shape index (κ1) is 25.3. The minimum Gasteiger partial charge on any atom is -0.480 e. The fraction of sp³-hybridized carbons (Fsp3) is 0.875. The number of hydrogen-bond acceptors (Lipinski definition) is 5. The lowest BCUT2D eigenvalue weighted by atomic mass is 9.75. The van der Waals surface area contributed by atoms with Gasteiger partial charge in [-0.3, -0.25) is 9.59 Å². The second kappa shape index (κ2) is 8.82. The van der Waals surface area contributed by atoms with Crippen LogP contribution in [0.3, 0.4) is 0 Å². The molecule has 1 aliphatic carbocycles. The number of fused-ring (bicyclic) bond motifs is 1. The van der Waals surface area contributed by atoms with E-state index in [1.54, 1.807) is 0 Å². The van der Waals surface area contributed by atoms with Crippen LogP contribution in [0.15, 0.2) is 0 Å². The van der Waals surface area contributed by atoms with Gasteiger partial charge in [0.2, 0.25) is 5.91 Å². The first-order valence-electron chi connectivity index (χ1n) is 11.9. The maximum absolute atomic E-state index is 13.5. The molecule has 0 spiro atoms. The number of nitrogens with zero attached hydrogens (tertiary/aromatic N) is 1. The highest BCUT2D eigenvalue weighted by Gasteiger charge is 2.64. The summed E-state index contributed by atoms with van der Waals surface area (Å²) in [6.07, 6.45) is 3.21. The van der Waals surface area contributed by atoms with Crippen LogP contribution in [0.5, 0.6) is 0 Å². The van der Waals surface area contributed by atoms with Crippen LogP contribution in [0, 0.1) is 23.7 Å². The molecule has 0 aromatic rings. The van der Waals surface area contributed by atoms with Gasteiger partial charge >= 0.3 is 5.97 Å². The fourth-order valence-corrected chi connectivity index (χ4v) is 7.07. The topological polar surface area (TPSA) is 95.9 Å². The molecule has 7 nitrogen and oxygen atoms in total. The second-order valence-corrected chi connectivity index (χ2v) is 13.1. The predicted octanol–water partition coefficient (Wildman–Crippen LogP) is 3.51. The number of aliphatic carboxylic acids is 1. The van der Waals surface area contributed by atoms with E-state index in [-0.39, 0.29) is 29.2 Å². The van der Waals surface area contributed by atoms with Crippen LogP contribution in [0.2, 0.25) is 0 Å². The van der Waals surface area contributed by atoms with Crippen molar-refractivity contribution >= 4 is 29.5 Å². The third-order valence-corrected chi connectivity index (χ3v) is 9.44. The minimum atomic E-state index is -1.07. The van der Waals surface area contributed by atoms with E-state index >= 15 is 0 Å². The summed E-state index contributed by atoms with van der Waals surface area (Å²) in [4.78, 5) is 39.5. The highest BCUT2D eigenvalue weighted by molar-refractivity contribution is 8.01. The number of carboxylic acids is 1. The molecule has 2 N–H and O–H groups in total. The molecule has 3 rings (SSSR count). The molecule has 3 fully saturated rings. The zero-order chi connectivity index (χ0) is 24.2. The number of β-lactam (4-membered cyclic amide) rings is 1. The van der Waals surface area contributed by atoms with E-state index in [2.05, 4.69) is 26.1 Å². The SMILES string of the molecule is CC(C)[C@H]1CC[C@@H](C)C[C@H]1O[C@](C)(C(=O)N[C@@H]1C(=O)N2[C@H]1SC(C)(C)[C@H]2C(=O)O)C(C)C. The maximum Gasteiger partial charge on any atom is 0.327 e. The van der Waals surface area contributed by atoms with Crippen molar-refractivity contribution in [1.82, 2.24) is 10.2 Å². The van der Waals surface area contributed by atoms with Crippen molar-refractivity contribution in [3.63, 3.8) is 0 Å². The molecule has 0 aromatic heterocycles. The number of carbonyl (C=O) groups is 3. The Kier molecular flexibility index (Phi) is 6.99. The summed E-state index contributed by atoms with van der Waals surface area (Å²) in [5, 5.41) is 12.2. The summed E-state index contributed by atoms with van der Waals surface area (Å²) in [6.45, 7) is 16.1. The molecule has 3 aliphatic rings. The zero-order valence-electron chi connectivity index (χ0n) is 20.7. The van der Waals surface area contributed by atoms with Crippen LogP contribution in [-0.4, -0.2) is 61.7 Å². The van der Waals surface area contributed by atoms with Crippen LogP contribution >= 0.6 is 11.8 Å². The monoisotopic (exact) mass is 468 g/mol. The Bertz CT molecular complexity index is 769. The summed E-state index contributed by atoms with van der Waals surface area (Å²) in [6, 6.07) is -1.61. The highest BCUT2D eigenvalue weighted by Crippen LogP contribution is 2.51. The van der Waals surface area contributed by atoms with Crippen LogP contribution in [0.1, 0.15) is 74.7 Å². The molecule has 2 heterocycles. The number of nitrogens with one attached hydrogen (secondary N) is 1. The van der Waals surface area contributed by atoms with Gasteiger partial charge in [0, 0.05) is 4.75 Å². The van der Waals surface area contributed by atoms with Crippen molar-refractivity contribution < 1.29 is 24.2 Å². The van der Waals surface area contributed by atoms with Crippen LogP contribution in [0.25, 0.3) is 0 Å². The molecule has 0 radical (unpaired) electrons. The van der Waals surface area contributed by atoms with Gasteiger partial charge in [-0.2, -0.15) is 0 Å². The zero-order valence-corrected chi connectivity index (χ0v) is 21.5. The largest absolute Gasteiger partial charge is 0.480 e. The second-order valence-electron chi connectivity index (χ2n) is 11.3. The molecule has 8 heteroatoms. The number of amides is 2. The van der Waals surface area contributed by atoms with E-state index in [1.165, 1.54) is 23.1 Å². The van der Waals surface area contributed by atoms with E-state index in [0.29, 0.717) is 17.8 Å². The van der Waals surface area contributed by atoms with E-state index in [9.17, 15) is 19.5 Å². The molecule has 1 saturated carbocycles. The van der Waals surface area contributed by atoms with Gasteiger partial charge in [0.15, 0.2) is 0 Å². The summed E-state index contributed by atoms with van der Waals surface area (Å²) < 4.78 is 6.01. The van der Waals surface area contributed by atoms with Gasteiger partial charge < -0.3 is 20.1 Å². The minimum absolute atomic E-state index is 0.00155. The van der Waals surface area contributed by atoms with Crippen molar-refractivity contribution in [3.05, 3.63) is 0 Å². The van der Waals surface area contributed by atoms with Crippen molar-refractivity contribution in [2.45, 2.75) is 109 Å². The highest BCUT2D eigenvalue weighted by atomic mass is 32.2. The average molecular weight is 469 g/mol. The Labute approximate surface area is 196 Å². The molecular formula is C24H40N2O5S. The van der Waals surface area contributed by atoms with Crippen molar-refractivity contribution in [1.29, 1.82) is 0 Å². The number of ether oxygens (including phenoxy) is 1. The van der Waals surface area contributed by atoms with E-state index in [4.69, 9.17) is 4.74 Å². The van der Waals surface area contributed by atoms with Gasteiger partial charge in [0.25, 0.3) is 5.91 Å². The molecule has 182 valence electrons. The smallest absolute Gasteiger partial charge is 0.327 e. The van der Waals surface area contributed by atoms with Gasteiger partial charge in [-0.1, -0.05) is 41.0 Å². The van der Waals surface area contributed by atoms with Gasteiger partial charge in [0.05, 0.1) is 6.10 Å². The van der Waals surface area contributed by atoms with Crippen LogP contribution < -0.4 is 5.32 Å². The first-order valence-corrected chi connectivity index (χ1v) is 12.8. The molecule has 0 aromatic carbocycles. The van der Waals surface area contributed by atoms with E-state index in [1.807, 2.05) is 34.6 Å². The van der Waals surface area contributed by atoms with Gasteiger partial charge in [-0.05, 0) is 57.3 Å². The normalized spacial score (nSPS) is 35.9. The van der Waals surface area contributed by atoms with Crippen molar-refractivity contribution in [2.24, 2.45) is 23.7 Å².